The Kier molecular flexibility index (Phi) is 4.47. The third kappa shape index (κ3) is 3.02. The Morgan fingerprint density at radius 1 is 1.18 bits per heavy atom. The third-order valence-electron chi connectivity index (χ3n) is 3.15. The van der Waals surface area contributed by atoms with Crippen LogP contribution in [0, 0.1) is 0 Å². The van der Waals surface area contributed by atoms with Crippen molar-refractivity contribution in [2.24, 2.45) is 5.73 Å². The summed E-state index contributed by atoms with van der Waals surface area (Å²) in [6, 6.07) is 5.16. The Bertz CT molecular complexity index is 439. The van der Waals surface area contributed by atoms with Gasteiger partial charge in [-0.05, 0) is 31.0 Å². The van der Waals surface area contributed by atoms with Crippen LogP contribution >= 0.6 is 23.2 Å². The van der Waals surface area contributed by atoms with Crippen molar-refractivity contribution in [2.75, 3.05) is 0 Å². The van der Waals surface area contributed by atoms with Crippen molar-refractivity contribution in [3.05, 3.63) is 28.2 Å². The number of benzene rings is 1. The van der Waals surface area contributed by atoms with Crippen LogP contribution in [0.15, 0.2) is 23.1 Å². The maximum atomic E-state index is 12.4. The Labute approximate surface area is 114 Å². The van der Waals surface area contributed by atoms with Crippen molar-refractivity contribution in [2.45, 2.75) is 41.9 Å². The molecule has 0 saturated heterocycles. The van der Waals surface area contributed by atoms with Gasteiger partial charge in [0, 0.05) is 10.9 Å². The van der Waals surface area contributed by atoms with Gasteiger partial charge in [0.25, 0.3) is 0 Å². The second kappa shape index (κ2) is 5.70. The minimum Gasteiger partial charge on any atom is -0.327 e. The van der Waals surface area contributed by atoms with Gasteiger partial charge in [-0.15, -0.1) is 0 Å². The zero-order valence-electron chi connectivity index (χ0n) is 9.36. The molecule has 17 heavy (non-hydrogen) atoms. The molecule has 0 heterocycles. The van der Waals surface area contributed by atoms with E-state index in [9.17, 15) is 4.21 Å². The number of hydrogen-bond donors (Lipinski definition) is 1. The maximum absolute atomic E-state index is 12.4. The topological polar surface area (TPSA) is 43.1 Å². The molecule has 0 aliphatic heterocycles. The van der Waals surface area contributed by atoms with Crippen LogP contribution in [-0.4, -0.2) is 15.5 Å². The highest BCUT2D eigenvalue weighted by molar-refractivity contribution is 7.85. The third-order valence-corrected chi connectivity index (χ3v) is 5.74. The van der Waals surface area contributed by atoms with Crippen LogP contribution in [0.1, 0.15) is 25.7 Å². The molecule has 2 N–H and O–H groups in total. The predicted octanol–water partition coefficient (Wildman–Crippen LogP) is 3.37. The summed E-state index contributed by atoms with van der Waals surface area (Å²) < 4.78 is 12.4. The minimum atomic E-state index is -1.09. The molecule has 1 fully saturated rings. The second-order valence-corrected chi connectivity index (χ2v) is 6.85. The van der Waals surface area contributed by atoms with Crippen molar-refractivity contribution >= 4 is 34.0 Å². The first-order valence-electron chi connectivity index (χ1n) is 5.71. The summed E-state index contributed by atoms with van der Waals surface area (Å²) in [6.07, 6.45) is 4.12. The zero-order valence-corrected chi connectivity index (χ0v) is 11.7. The summed E-state index contributed by atoms with van der Waals surface area (Å²) in [6.45, 7) is 0. The van der Waals surface area contributed by atoms with Crippen molar-refractivity contribution in [1.29, 1.82) is 0 Å². The van der Waals surface area contributed by atoms with Gasteiger partial charge in [-0.3, -0.25) is 4.21 Å². The van der Waals surface area contributed by atoms with E-state index in [1.165, 1.54) is 0 Å². The molecule has 1 aromatic carbocycles. The van der Waals surface area contributed by atoms with E-state index in [2.05, 4.69) is 0 Å². The van der Waals surface area contributed by atoms with Crippen LogP contribution in [0.5, 0.6) is 0 Å². The fraction of sp³-hybridized carbons (Fsp3) is 0.500. The van der Waals surface area contributed by atoms with Crippen LogP contribution in [0.25, 0.3) is 0 Å². The molecule has 3 unspecified atom stereocenters. The summed E-state index contributed by atoms with van der Waals surface area (Å²) in [5.74, 6) is 0. The van der Waals surface area contributed by atoms with E-state index in [0.29, 0.717) is 10.0 Å². The second-order valence-electron chi connectivity index (χ2n) is 4.36. The van der Waals surface area contributed by atoms with Crippen molar-refractivity contribution in [3.63, 3.8) is 0 Å². The monoisotopic (exact) mass is 291 g/mol. The SMILES string of the molecule is NC1CCCCC1S(=O)c1ccc(Cl)c(Cl)c1. The lowest BCUT2D eigenvalue weighted by atomic mass is 9.96. The van der Waals surface area contributed by atoms with Crippen LogP contribution in [0.3, 0.4) is 0 Å². The first kappa shape index (κ1) is 13.3. The predicted molar refractivity (Wildman–Crippen MR) is 73.1 cm³/mol. The van der Waals surface area contributed by atoms with Gasteiger partial charge in [-0.2, -0.15) is 0 Å². The number of rotatable bonds is 2. The molecule has 0 spiro atoms. The Balaban J connectivity index is 2.21. The van der Waals surface area contributed by atoms with E-state index in [1.807, 2.05) is 0 Å². The van der Waals surface area contributed by atoms with Gasteiger partial charge in [0.15, 0.2) is 0 Å². The van der Waals surface area contributed by atoms with E-state index in [4.69, 9.17) is 28.9 Å². The van der Waals surface area contributed by atoms with Crippen LogP contribution in [0.4, 0.5) is 0 Å². The molecule has 2 nitrogen and oxygen atoms in total. The summed E-state index contributed by atoms with van der Waals surface area (Å²) >= 11 is 11.8. The minimum absolute atomic E-state index is 0.0269. The molecule has 5 heteroatoms. The van der Waals surface area contributed by atoms with Gasteiger partial charge in [-0.1, -0.05) is 36.0 Å². The molecule has 0 bridgehead atoms. The fourth-order valence-electron chi connectivity index (χ4n) is 2.17. The van der Waals surface area contributed by atoms with Gasteiger partial charge >= 0.3 is 0 Å². The number of hydrogen-bond acceptors (Lipinski definition) is 2. The number of nitrogens with two attached hydrogens (primary N) is 1. The molecule has 0 aromatic heterocycles. The Hall–Kier alpha value is -0.0900. The van der Waals surface area contributed by atoms with Gasteiger partial charge in [-0.25, -0.2) is 0 Å². The van der Waals surface area contributed by atoms with Gasteiger partial charge in [0.05, 0.1) is 26.1 Å². The lowest BCUT2D eigenvalue weighted by Crippen LogP contribution is -2.40. The lowest BCUT2D eigenvalue weighted by Gasteiger charge is -2.27. The quantitative estimate of drug-likeness (QED) is 0.908. The van der Waals surface area contributed by atoms with E-state index in [0.717, 1.165) is 30.6 Å². The van der Waals surface area contributed by atoms with Crippen molar-refractivity contribution in [3.8, 4) is 0 Å². The molecule has 1 saturated carbocycles. The fourth-order valence-corrected chi connectivity index (χ4v) is 4.15. The highest BCUT2D eigenvalue weighted by atomic mass is 35.5. The van der Waals surface area contributed by atoms with Crippen LogP contribution in [0.2, 0.25) is 10.0 Å². The van der Waals surface area contributed by atoms with E-state index in [1.54, 1.807) is 18.2 Å². The highest BCUT2D eigenvalue weighted by Crippen LogP contribution is 2.29. The Morgan fingerprint density at radius 3 is 2.53 bits per heavy atom. The molecule has 0 radical (unpaired) electrons. The smallest absolute Gasteiger partial charge is 0.0604 e. The molecule has 0 amide bonds. The van der Waals surface area contributed by atoms with E-state index < -0.39 is 10.8 Å². The molecular formula is C12H15Cl2NOS. The highest BCUT2D eigenvalue weighted by Gasteiger charge is 2.28. The zero-order chi connectivity index (χ0) is 12.4. The normalized spacial score (nSPS) is 26.8. The summed E-state index contributed by atoms with van der Waals surface area (Å²) in [7, 11) is -1.09. The summed E-state index contributed by atoms with van der Waals surface area (Å²) in [5.41, 5.74) is 6.03. The average molecular weight is 292 g/mol. The molecule has 1 aromatic rings. The van der Waals surface area contributed by atoms with E-state index >= 15 is 0 Å². The molecule has 3 atom stereocenters. The Morgan fingerprint density at radius 2 is 1.88 bits per heavy atom. The number of halogens is 2. The molecule has 1 aliphatic rings. The summed E-state index contributed by atoms with van der Waals surface area (Å²) in [4.78, 5) is 0.724. The van der Waals surface area contributed by atoms with Crippen LogP contribution < -0.4 is 5.73 Å². The first-order chi connectivity index (χ1) is 8.09. The van der Waals surface area contributed by atoms with Crippen molar-refractivity contribution in [1.82, 2.24) is 0 Å². The largest absolute Gasteiger partial charge is 0.327 e. The lowest BCUT2D eigenvalue weighted by molar-refractivity contribution is 0.445. The standard InChI is InChI=1S/C12H15Cl2NOS/c13-9-6-5-8(7-10(9)14)17(16)12-4-2-1-3-11(12)15/h5-7,11-12H,1-4,15H2. The van der Waals surface area contributed by atoms with Gasteiger partial charge in [0.2, 0.25) is 0 Å². The first-order valence-corrected chi connectivity index (χ1v) is 7.67. The van der Waals surface area contributed by atoms with Gasteiger partial charge in [0.1, 0.15) is 0 Å². The molecule has 1 aliphatic carbocycles. The van der Waals surface area contributed by atoms with E-state index in [-0.39, 0.29) is 11.3 Å². The molecule has 2 rings (SSSR count). The maximum Gasteiger partial charge on any atom is 0.0604 e. The van der Waals surface area contributed by atoms with Gasteiger partial charge < -0.3 is 5.73 Å². The molecular weight excluding hydrogens is 277 g/mol. The molecule has 94 valence electrons. The summed E-state index contributed by atoms with van der Waals surface area (Å²) in [5, 5.41) is 0.975. The van der Waals surface area contributed by atoms with Crippen molar-refractivity contribution < 1.29 is 4.21 Å². The van der Waals surface area contributed by atoms with Crippen LogP contribution in [-0.2, 0) is 10.8 Å². The average Bonchev–Trinajstić information content (AvgIpc) is 2.32.